The Hall–Kier alpha value is -0.600. The molecule has 0 aliphatic rings. The first-order chi connectivity index (χ1) is 8.08. The quantitative estimate of drug-likeness (QED) is 0.811. The molecule has 3 heteroatoms. The fraction of sp³-hybridized carbons (Fsp3) is 0.571. The number of halogens is 2. The second kappa shape index (κ2) is 6.97. The fourth-order valence-electron chi connectivity index (χ4n) is 2.13. The van der Waals surface area contributed by atoms with Gasteiger partial charge in [-0.05, 0) is 43.5 Å². The van der Waals surface area contributed by atoms with Gasteiger partial charge >= 0.3 is 0 Å². The smallest absolute Gasteiger partial charge is 0.142 e. The number of hydrogen-bond donors (Lipinski definition) is 1. The molecule has 1 aromatic carbocycles. The van der Waals surface area contributed by atoms with E-state index in [2.05, 4.69) is 26.1 Å². The van der Waals surface area contributed by atoms with Gasteiger partial charge in [0.15, 0.2) is 0 Å². The van der Waals surface area contributed by atoms with E-state index in [4.69, 9.17) is 11.6 Å². The van der Waals surface area contributed by atoms with Crippen molar-refractivity contribution in [2.75, 3.05) is 6.54 Å². The van der Waals surface area contributed by atoms with Gasteiger partial charge in [-0.1, -0.05) is 37.9 Å². The Bertz CT molecular complexity index is 354. The van der Waals surface area contributed by atoms with Gasteiger partial charge in [-0.2, -0.15) is 0 Å². The Balaban J connectivity index is 2.70. The molecule has 17 heavy (non-hydrogen) atoms. The zero-order valence-electron chi connectivity index (χ0n) is 10.8. The molecule has 96 valence electrons. The molecule has 0 aliphatic carbocycles. The molecule has 0 amide bonds. The van der Waals surface area contributed by atoms with E-state index in [1.807, 2.05) is 6.07 Å². The Morgan fingerprint density at radius 2 is 2.06 bits per heavy atom. The summed E-state index contributed by atoms with van der Waals surface area (Å²) in [5, 5.41) is 3.62. The average molecular weight is 258 g/mol. The van der Waals surface area contributed by atoms with Crippen molar-refractivity contribution in [2.24, 2.45) is 5.92 Å². The van der Waals surface area contributed by atoms with Gasteiger partial charge < -0.3 is 5.32 Å². The summed E-state index contributed by atoms with van der Waals surface area (Å²) in [6.45, 7) is 7.42. The second-order valence-corrected chi connectivity index (χ2v) is 4.87. The van der Waals surface area contributed by atoms with E-state index in [9.17, 15) is 4.39 Å². The minimum absolute atomic E-state index is 0.196. The number of hydrogen-bond acceptors (Lipinski definition) is 1. The third-order valence-electron chi connectivity index (χ3n) is 3.24. The predicted octanol–water partition coefficient (Wildman–Crippen LogP) is 4.05. The van der Waals surface area contributed by atoms with E-state index in [0.717, 1.165) is 24.9 Å². The highest BCUT2D eigenvalue weighted by Gasteiger charge is 2.15. The summed E-state index contributed by atoms with van der Waals surface area (Å²) in [4.78, 5) is 0. The van der Waals surface area contributed by atoms with Crippen molar-refractivity contribution >= 4 is 11.6 Å². The van der Waals surface area contributed by atoms with Crippen molar-refractivity contribution in [3.63, 3.8) is 0 Å². The van der Waals surface area contributed by atoms with Crippen LogP contribution in [0, 0.1) is 11.7 Å². The molecule has 1 aromatic rings. The zero-order chi connectivity index (χ0) is 12.8. The number of benzene rings is 1. The lowest BCUT2D eigenvalue weighted by molar-refractivity contribution is 0.367. The van der Waals surface area contributed by atoms with E-state index >= 15 is 0 Å². The topological polar surface area (TPSA) is 12.0 Å². The largest absolute Gasteiger partial charge is 0.314 e. The van der Waals surface area contributed by atoms with Crippen LogP contribution in [0.3, 0.4) is 0 Å². The van der Waals surface area contributed by atoms with Gasteiger partial charge in [0.2, 0.25) is 0 Å². The minimum atomic E-state index is -0.324. The van der Waals surface area contributed by atoms with E-state index in [1.54, 1.807) is 12.1 Å². The fourth-order valence-corrected chi connectivity index (χ4v) is 2.25. The van der Waals surface area contributed by atoms with E-state index in [1.165, 1.54) is 0 Å². The van der Waals surface area contributed by atoms with Crippen LogP contribution >= 0.6 is 11.6 Å². The van der Waals surface area contributed by atoms with Crippen molar-refractivity contribution in [1.82, 2.24) is 5.32 Å². The molecule has 0 aromatic heterocycles. The van der Waals surface area contributed by atoms with Gasteiger partial charge in [-0.25, -0.2) is 4.39 Å². The van der Waals surface area contributed by atoms with Crippen LogP contribution in [0.2, 0.25) is 5.02 Å². The molecule has 1 nitrogen and oxygen atoms in total. The highest BCUT2D eigenvalue weighted by atomic mass is 35.5. The first kappa shape index (κ1) is 14.5. The highest BCUT2D eigenvalue weighted by molar-refractivity contribution is 6.30. The Kier molecular flexibility index (Phi) is 5.93. The van der Waals surface area contributed by atoms with Crippen LogP contribution < -0.4 is 5.32 Å². The standard InChI is InChI=1S/C14H21ClFN/c1-4-12(10(3)17-5-2)8-11-6-7-13(15)14(16)9-11/h6-7,9-10,12,17H,4-5,8H2,1-3H3. The Morgan fingerprint density at radius 1 is 1.35 bits per heavy atom. The van der Waals surface area contributed by atoms with Crippen molar-refractivity contribution in [3.05, 3.63) is 34.6 Å². The van der Waals surface area contributed by atoms with Crippen LogP contribution in [0.4, 0.5) is 4.39 Å². The highest BCUT2D eigenvalue weighted by Crippen LogP contribution is 2.20. The van der Waals surface area contributed by atoms with Crippen LogP contribution in [0.15, 0.2) is 18.2 Å². The molecule has 0 saturated carbocycles. The van der Waals surface area contributed by atoms with E-state index in [-0.39, 0.29) is 10.8 Å². The molecule has 1 N–H and O–H groups in total. The van der Waals surface area contributed by atoms with Gasteiger partial charge in [0, 0.05) is 6.04 Å². The molecule has 0 aliphatic heterocycles. The van der Waals surface area contributed by atoms with Gasteiger partial charge in [0.25, 0.3) is 0 Å². The summed E-state index contributed by atoms with van der Waals surface area (Å²) in [6.07, 6.45) is 1.97. The first-order valence-corrected chi connectivity index (χ1v) is 6.63. The molecule has 0 fully saturated rings. The molecule has 2 unspecified atom stereocenters. The second-order valence-electron chi connectivity index (χ2n) is 4.47. The third-order valence-corrected chi connectivity index (χ3v) is 3.55. The molecule has 0 saturated heterocycles. The zero-order valence-corrected chi connectivity index (χ0v) is 11.5. The number of rotatable bonds is 6. The molecule has 0 spiro atoms. The molecule has 0 bridgehead atoms. The van der Waals surface area contributed by atoms with Gasteiger partial charge in [0.1, 0.15) is 5.82 Å². The normalized spacial score (nSPS) is 14.6. The van der Waals surface area contributed by atoms with Crippen molar-refractivity contribution in [3.8, 4) is 0 Å². The molecular formula is C14H21ClFN. The summed E-state index contributed by atoms with van der Waals surface area (Å²) in [5.41, 5.74) is 1.02. The van der Waals surface area contributed by atoms with Gasteiger partial charge in [-0.3, -0.25) is 0 Å². The first-order valence-electron chi connectivity index (χ1n) is 6.25. The molecule has 0 heterocycles. The van der Waals surface area contributed by atoms with Crippen molar-refractivity contribution < 1.29 is 4.39 Å². The number of nitrogens with one attached hydrogen (secondary N) is 1. The lowest BCUT2D eigenvalue weighted by Gasteiger charge is -2.23. The van der Waals surface area contributed by atoms with Crippen LogP contribution in [0.25, 0.3) is 0 Å². The summed E-state index contributed by atoms with van der Waals surface area (Å²) in [5.74, 6) is 0.200. The van der Waals surface area contributed by atoms with Crippen LogP contribution in [-0.4, -0.2) is 12.6 Å². The third kappa shape index (κ3) is 4.29. The van der Waals surface area contributed by atoms with Crippen LogP contribution in [-0.2, 0) is 6.42 Å². The summed E-state index contributed by atoms with van der Waals surface area (Å²) < 4.78 is 13.3. The van der Waals surface area contributed by atoms with E-state index < -0.39 is 0 Å². The van der Waals surface area contributed by atoms with Crippen molar-refractivity contribution in [2.45, 2.75) is 39.7 Å². The van der Waals surface area contributed by atoms with Gasteiger partial charge in [0.05, 0.1) is 5.02 Å². The minimum Gasteiger partial charge on any atom is -0.314 e. The summed E-state index contributed by atoms with van der Waals surface area (Å²) in [7, 11) is 0. The summed E-state index contributed by atoms with van der Waals surface area (Å²) >= 11 is 5.68. The molecule has 2 atom stereocenters. The maximum Gasteiger partial charge on any atom is 0.142 e. The lowest BCUT2D eigenvalue weighted by Crippen LogP contribution is -2.34. The van der Waals surface area contributed by atoms with Crippen molar-refractivity contribution in [1.29, 1.82) is 0 Å². The maximum absolute atomic E-state index is 13.3. The van der Waals surface area contributed by atoms with Crippen LogP contribution in [0.1, 0.15) is 32.8 Å². The SMILES string of the molecule is CCNC(C)C(CC)Cc1ccc(Cl)c(F)c1. The van der Waals surface area contributed by atoms with E-state index in [0.29, 0.717) is 12.0 Å². The Morgan fingerprint density at radius 3 is 2.59 bits per heavy atom. The lowest BCUT2D eigenvalue weighted by atomic mass is 9.91. The molecule has 0 radical (unpaired) electrons. The van der Waals surface area contributed by atoms with Gasteiger partial charge in [-0.15, -0.1) is 0 Å². The summed E-state index contributed by atoms with van der Waals surface area (Å²) in [6, 6.07) is 5.54. The Labute approximate surface area is 108 Å². The molecular weight excluding hydrogens is 237 g/mol. The monoisotopic (exact) mass is 257 g/mol. The predicted molar refractivity (Wildman–Crippen MR) is 72.0 cm³/mol. The van der Waals surface area contributed by atoms with Crippen LogP contribution in [0.5, 0.6) is 0 Å². The molecule has 1 rings (SSSR count). The average Bonchev–Trinajstić information content (AvgIpc) is 2.30. The maximum atomic E-state index is 13.3.